The van der Waals surface area contributed by atoms with E-state index in [1.54, 1.807) is 18.2 Å². The Bertz CT molecular complexity index is 651. The highest BCUT2D eigenvalue weighted by atomic mass is 35.5. The lowest BCUT2D eigenvalue weighted by molar-refractivity contribution is 0.0617. The van der Waals surface area contributed by atoms with Crippen LogP contribution in [0.1, 0.15) is 11.6 Å². The Kier molecular flexibility index (Phi) is 4.22. The number of fused-ring (bicyclic) bond motifs is 1. The summed E-state index contributed by atoms with van der Waals surface area (Å²) in [6.45, 7) is 0.370. The highest BCUT2D eigenvalue weighted by molar-refractivity contribution is 6.33. The first-order valence-electron chi connectivity index (χ1n) is 6.48. The van der Waals surface area contributed by atoms with Crippen molar-refractivity contribution in [3.05, 3.63) is 58.1 Å². The smallest absolute Gasteiger partial charge is 0.161 e. The van der Waals surface area contributed by atoms with Crippen LogP contribution in [0.2, 0.25) is 10.0 Å². The average Bonchev–Trinajstić information content (AvgIpc) is 2.51. The summed E-state index contributed by atoms with van der Waals surface area (Å²) in [5.41, 5.74) is 3.52. The quantitative estimate of drug-likeness (QED) is 0.671. The van der Waals surface area contributed by atoms with Gasteiger partial charge in [0, 0.05) is 10.0 Å². The molecule has 0 radical (unpaired) electrons. The molecule has 2 aromatic carbocycles. The number of nitrogens with one attached hydrogen (secondary N) is 1. The maximum atomic E-state index is 6.24. The fraction of sp³-hybridized carbons (Fsp3) is 0.200. The Labute approximate surface area is 132 Å². The molecule has 21 heavy (non-hydrogen) atoms. The van der Waals surface area contributed by atoms with Gasteiger partial charge in [-0.15, -0.1) is 0 Å². The number of hydrogen-bond acceptors (Lipinski definition) is 4. The van der Waals surface area contributed by atoms with Crippen LogP contribution in [-0.4, -0.2) is 12.7 Å². The summed E-state index contributed by atoms with van der Waals surface area (Å²) in [6.07, 6.45) is -0.305. The third-order valence-electron chi connectivity index (χ3n) is 3.38. The standard InChI is InChI=1S/C15H14Cl2N2O2/c16-9-5-6-11(17)10(7-9)15(19-18)14-8-20-12-3-1-2-4-13(12)21-14/h1-7,14-15,19H,8,18H2. The van der Waals surface area contributed by atoms with Crippen molar-refractivity contribution >= 4 is 23.2 Å². The number of ether oxygens (including phenoxy) is 2. The Balaban J connectivity index is 1.90. The van der Waals surface area contributed by atoms with Crippen LogP contribution in [0.25, 0.3) is 0 Å². The molecule has 0 bridgehead atoms. The Morgan fingerprint density at radius 1 is 1.14 bits per heavy atom. The van der Waals surface area contributed by atoms with E-state index in [2.05, 4.69) is 5.43 Å². The summed E-state index contributed by atoms with van der Waals surface area (Å²) >= 11 is 12.3. The predicted octanol–water partition coefficient (Wildman–Crippen LogP) is 3.34. The third-order valence-corrected chi connectivity index (χ3v) is 3.95. The van der Waals surface area contributed by atoms with Crippen LogP contribution in [0.3, 0.4) is 0 Å². The molecule has 0 saturated heterocycles. The molecule has 0 aliphatic carbocycles. The average molecular weight is 325 g/mol. The van der Waals surface area contributed by atoms with Crippen LogP contribution in [0.5, 0.6) is 11.5 Å². The lowest BCUT2D eigenvalue weighted by Gasteiger charge is -2.32. The van der Waals surface area contributed by atoms with Crippen LogP contribution in [0.4, 0.5) is 0 Å². The van der Waals surface area contributed by atoms with E-state index in [1.807, 2.05) is 24.3 Å². The summed E-state index contributed by atoms with van der Waals surface area (Å²) in [4.78, 5) is 0. The summed E-state index contributed by atoms with van der Waals surface area (Å²) in [5.74, 6) is 7.10. The number of halogens is 2. The molecule has 2 unspecified atom stereocenters. The first kappa shape index (κ1) is 14.5. The molecule has 0 saturated carbocycles. The predicted molar refractivity (Wildman–Crippen MR) is 82.9 cm³/mol. The number of para-hydroxylation sites is 2. The molecule has 0 spiro atoms. The van der Waals surface area contributed by atoms with Gasteiger partial charge in [0.15, 0.2) is 17.6 Å². The number of rotatable bonds is 3. The minimum atomic E-state index is -0.329. The Morgan fingerprint density at radius 3 is 2.67 bits per heavy atom. The lowest BCUT2D eigenvalue weighted by Crippen LogP contribution is -2.44. The van der Waals surface area contributed by atoms with Gasteiger partial charge in [0.1, 0.15) is 6.61 Å². The van der Waals surface area contributed by atoms with E-state index in [1.165, 1.54) is 0 Å². The van der Waals surface area contributed by atoms with E-state index in [9.17, 15) is 0 Å². The van der Waals surface area contributed by atoms with Gasteiger partial charge >= 0.3 is 0 Å². The van der Waals surface area contributed by atoms with Gasteiger partial charge < -0.3 is 9.47 Å². The van der Waals surface area contributed by atoms with Gasteiger partial charge in [0.05, 0.1) is 6.04 Å². The van der Waals surface area contributed by atoms with Gasteiger partial charge in [-0.2, -0.15) is 0 Å². The topological polar surface area (TPSA) is 56.5 Å². The van der Waals surface area contributed by atoms with Crippen molar-refractivity contribution in [1.29, 1.82) is 0 Å². The molecule has 3 N–H and O–H groups in total. The van der Waals surface area contributed by atoms with Gasteiger partial charge in [-0.3, -0.25) is 5.84 Å². The minimum absolute atomic E-state index is 0.305. The first-order valence-corrected chi connectivity index (χ1v) is 7.24. The fourth-order valence-electron chi connectivity index (χ4n) is 2.35. The van der Waals surface area contributed by atoms with Crippen molar-refractivity contribution in [1.82, 2.24) is 5.43 Å². The SMILES string of the molecule is NNC(c1cc(Cl)ccc1Cl)C1COc2ccccc2O1. The van der Waals surface area contributed by atoms with E-state index in [4.69, 9.17) is 38.5 Å². The van der Waals surface area contributed by atoms with E-state index in [0.717, 1.165) is 11.3 Å². The largest absolute Gasteiger partial charge is 0.486 e. The van der Waals surface area contributed by atoms with Gasteiger partial charge in [-0.1, -0.05) is 35.3 Å². The summed E-state index contributed by atoms with van der Waals surface area (Å²) in [7, 11) is 0. The molecule has 2 atom stereocenters. The van der Waals surface area contributed by atoms with Crippen molar-refractivity contribution in [2.24, 2.45) is 5.84 Å². The van der Waals surface area contributed by atoms with Crippen molar-refractivity contribution in [2.45, 2.75) is 12.1 Å². The zero-order valence-electron chi connectivity index (χ0n) is 11.1. The molecule has 0 fully saturated rings. The van der Waals surface area contributed by atoms with Crippen LogP contribution in [0.15, 0.2) is 42.5 Å². The maximum Gasteiger partial charge on any atom is 0.161 e. The minimum Gasteiger partial charge on any atom is -0.486 e. The van der Waals surface area contributed by atoms with E-state index < -0.39 is 0 Å². The maximum absolute atomic E-state index is 6.24. The second-order valence-corrected chi connectivity index (χ2v) is 5.57. The molecule has 0 amide bonds. The van der Waals surface area contributed by atoms with E-state index >= 15 is 0 Å². The van der Waals surface area contributed by atoms with Crippen LogP contribution in [0, 0.1) is 0 Å². The third kappa shape index (κ3) is 2.94. The first-order chi connectivity index (χ1) is 10.2. The number of hydrazine groups is 1. The molecular formula is C15H14Cl2N2O2. The van der Waals surface area contributed by atoms with Crippen LogP contribution < -0.4 is 20.7 Å². The highest BCUT2D eigenvalue weighted by Gasteiger charge is 2.30. The second kappa shape index (κ2) is 6.12. The molecule has 2 aromatic rings. The zero-order valence-corrected chi connectivity index (χ0v) is 12.6. The molecule has 1 aliphatic rings. The number of nitrogens with two attached hydrogens (primary N) is 1. The van der Waals surface area contributed by atoms with Crippen LogP contribution >= 0.6 is 23.2 Å². The molecular weight excluding hydrogens is 311 g/mol. The molecule has 1 aliphatic heterocycles. The normalized spacial score (nSPS) is 18.3. The van der Waals surface area contributed by atoms with Crippen LogP contribution in [-0.2, 0) is 0 Å². The van der Waals surface area contributed by atoms with Gasteiger partial charge in [0.25, 0.3) is 0 Å². The fourth-order valence-corrected chi connectivity index (χ4v) is 2.77. The monoisotopic (exact) mass is 324 g/mol. The number of benzene rings is 2. The molecule has 110 valence electrons. The Morgan fingerprint density at radius 2 is 1.90 bits per heavy atom. The van der Waals surface area contributed by atoms with Crippen molar-refractivity contribution in [3.8, 4) is 11.5 Å². The second-order valence-electron chi connectivity index (χ2n) is 4.72. The summed E-state index contributed by atoms with van der Waals surface area (Å²) in [5, 5.41) is 1.16. The van der Waals surface area contributed by atoms with Crippen molar-refractivity contribution in [2.75, 3.05) is 6.61 Å². The lowest BCUT2D eigenvalue weighted by atomic mass is 10.0. The van der Waals surface area contributed by atoms with Crippen molar-refractivity contribution < 1.29 is 9.47 Å². The van der Waals surface area contributed by atoms with Gasteiger partial charge in [-0.05, 0) is 35.9 Å². The Hall–Kier alpha value is -1.46. The molecule has 0 aromatic heterocycles. The zero-order chi connectivity index (χ0) is 14.8. The van der Waals surface area contributed by atoms with Crippen molar-refractivity contribution in [3.63, 3.8) is 0 Å². The summed E-state index contributed by atoms with van der Waals surface area (Å²) < 4.78 is 11.7. The summed E-state index contributed by atoms with van der Waals surface area (Å²) in [6, 6.07) is 12.4. The molecule has 3 rings (SSSR count). The van der Waals surface area contributed by atoms with E-state index in [0.29, 0.717) is 22.4 Å². The van der Waals surface area contributed by atoms with E-state index in [-0.39, 0.29) is 12.1 Å². The highest BCUT2D eigenvalue weighted by Crippen LogP contribution is 2.36. The van der Waals surface area contributed by atoms with Gasteiger partial charge in [0.2, 0.25) is 0 Å². The molecule has 1 heterocycles. The molecule has 4 nitrogen and oxygen atoms in total. The number of hydrogen-bond donors (Lipinski definition) is 2. The molecule has 6 heteroatoms. The van der Waals surface area contributed by atoms with Gasteiger partial charge in [-0.25, -0.2) is 5.43 Å².